The van der Waals surface area contributed by atoms with Crippen molar-refractivity contribution in [1.82, 2.24) is 0 Å². The Morgan fingerprint density at radius 2 is 2.29 bits per heavy atom. The molecule has 1 fully saturated rings. The zero-order valence-electron chi connectivity index (χ0n) is 12.7. The summed E-state index contributed by atoms with van der Waals surface area (Å²) in [7, 11) is 0. The number of esters is 1. The molecule has 4 atom stereocenters. The molecule has 17 heavy (non-hydrogen) atoms. The van der Waals surface area contributed by atoms with E-state index in [9.17, 15) is 9.90 Å². The summed E-state index contributed by atoms with van der Waals surface area (Å²) < 4.78 is 20.8. The van der Waals surface area contributed by atoms with Gasteiger partial charge in [-0.3, -0.25) is 4.79 Å². The first-order valence-corrected chi connectivity index (χ1v) is 6.72. The maximum absolute atomic E-state index is 10.9. The Bertz CT molecular complexity index is 263. The molecule has 1 heterocycles. The topological polar surface area (TPSA) is 46.5 Å². The van der Waals surface area contributed by atoms with Gasteiger partial charge in [0.05, 0.1) is 12.7 Å². The molecule has 0 aromatic heterocycles. The van der Waals surface area contributed by atoms with Gasteiger partial charge in [-0.05, 0) is 12.8 Å². The molecule has 3 heteroatoms. The van der Waals surface area contributed by atoms with Crippen molar-refractivity contribution in [3.8, 4) is 0 Å². The van der Waals surface area contributed by atoms with Crippen LogP contribution in [0.25, 0.3) is 0 Å². The lowest BCUT2D eigenvalue weighted by Crippen LogP contribution is -2.31. The fourth-order valence-corrected chi connectivity index (χ4v) is 2.02. The standard InChI is InChI=1S/C14H26O3/c1-2-3-4-5-6-7-8-13(15)12-9-10-14(16)17-11-12/h12-13,15H,2-11H2,1H3/t12-,13-/m1/s1/i6D,7D/t6?,7?,12-,13-. The second-order valence-corrected chi connectivity index (χ2v) is 4.75. The van der Waals surface area contributed by atoms with E-state index in [4.69, 9.17) is 7.48 Å². The summed E-state index contributed by atoms with van der Waals surface area (Å²) in [6.07, 6.45) is 3.62. The SMILES string of the molecule is [2H]C(CCCCC)C([2H])C[C@@H](O)[C@@H]1CCC(=O)OC1. The zero-order valence-corrected chi connectivity index (χ0v) is 10.7. The normalized spacial score (nSPS) is 27.6. The van der Waals surface area contributed by atoms with Crippen LogP contribution in [-0.2, 0) is 9.53 Å². The Morgan fingerprint density at radius 1 is 1.47 bits per heavy atom. The number of ether oxygens (including phenoxy) is 1. The molecule has 0 amide bonds. The molecule has 3 nitrogen and oxygen atoms in total. The van der Waals surface area contributed by atoms with Crippen LogP contribution in [0, 0.1) is 5.92 Å². The summed E-state index contributed by atoms with van der Waals surface area (Å²) in [5, 5.41) is 10.1. The molecular formula is C14H26O3. The molecule has 0 aliphatic carbocycles. The second kappa shape index (κ2) is 8.51. The smallest absolute Gasteiger partial charge is 0.305 e. The van der Waals surface area contributed by atoms with Crippen molar-refractivity contribution in [2.45, 2.75) is 70.8 Å². The summed E-state index contributed by atoms with van der Waals surface area (Å²) >= 11 is 0. The van der Waals surface area contributed by atoms with E-state index in [0.717, 1.165) is 25.7 Å². The predicted molar refractivity (Wildman–Crippen MR) is 67.7 cm³/mol. The molecule has 0 aromatic carbocycles. The molecule has 1 rings (SSSR count). The Kier molecular flexibility index (Phi) is 5.77. The van der Waals surface area contributed by atoms with Crippen molar-refractivity contribution in [2.24, 2.45) is 5.92 Å². The third kappa shape index (κ3) is 6.06. The summed E-state index contributed by atoms with van der Waals surface area (Å²) in [5.74, 6) is -0.266. The van der Waals surface area contributed by atoms with Gasteiger partial charge >= 0.3 is 5.97 Å². The van der Waals surface area contributed by atoms with Gasteiger partial charge in [-0.2, -0.15) is 0 Å². The molecule has 0 aromatic rings. The Hall–Kier alpha value is -0.570. The lowest BCUT2D eigenvalue weighted by molar-refractivity contribution is -0.152. The Balaban J connectivity index is 2.26. The molecule has 2 unspecified atom stereocenters. The minimum absolute atomic E-state index is 0.0617. The average molecular weight is 244 g/mol. The van der Waals surface area contributed by atoms with E-state index >= 15 is 0 Å². The quantitative estimate of drug-likeness (QED) is 0.527. The molecule has 1 aliphatic heterocycles. The van der Waals surface area contributed by atoms with E-state index in [1.165, 1.54) is 0 Å². The number of carbonyl (C=O) groups is 1. The molecule has 100 valence electrons. The number of aliphatic hydroxyl groups is 1. The van der Waals surface area contributed by atoms with Crippen LogP contribution in [0.2, 0.25) is 0 Å². The van der Waals surface area contributed by atoms with Crippen molar-refractivity contribution in [3.63, 3.8) is 0 Å². The van der Waals surface area contributed by atoms with Crippen LogP contribution >= 0.6 is 0 Å². The zero-order chi connectivity index (χ0) is 14.3. The minimum atomic E-state index is -0.630. The van der Waals surface area contributed by atoms with Crippen molar-refractivity contribution in [1.29, 1.82) is 0 Å². The van der Waals surface area contributed by atoms with E-state index in [1.54, 1.807) is 0 Å². The van der Waals surface area contributed by atoms with Crippen LogP contribution in [0.15, 0.2) is 0 Å². The van der Waals surface area contributed by atoms with E-state index in [2.05, 4.69) is 6.92 Å². The van der Waals surface area contributed by atoms with Crippen LogP contribution in [-0.4, -0.2) is 23.8 Å². The van der Waals surface area contributed by atoms with Gasteiger partial charge in [0, 0.05) is 15.1 Å². The molecule has 1 N–H and O–H groups in total. The number of unbranched alkanes of at least 4 members (excludes halogenated alkanes) is 2. The van der Waals surface area contributed by atoms with Crippen LogP contribution < -0.4 is 0 Å². The van der Waals surface area contributed by atoms with Crippen molar-refractivity contribution in [3.05, 3.63) is 0 Å². The maximum atomic E-state index is 10.9. The maximum Gasteiger partial charge on any atom is 0.305 e. The van der Waals surface area contributed by atoms with Gasteiger partial charge in [-0.15, -0.1) is 0 Å². The molecule has 0 radical (unpaired) electrons. The van der Waals surface area contributed by atoms with Crippen molar-refractivity contribution >= 4 is 5.97 Å². The van der Waals surface area contributed by atoms with Gasteiger partial charge < -0.3 is 9.84 Å². The van der Waals surface area contributed by atoms with E-state index in [0.29, 0.717) is 19.3 Å². The molecule has 0 bridgehead atoms. The number of rotatable bonds is 8. The van der Waals surface area contributed by atoms with E-state index in [1.807, 2.05) is 0 Å². The lowest BCUT2D eigenvalue weighted by Gasteiger charge is -2.26. The number of carbonyl (C=O) groups excluding carboxylic acids is 1. The first-order valence-electron chi connectivity index (χ1n) is 7.88. The third-order valence-electron chi connectivity index (χ3n) is 3.24. The lowest BCUT2D eigenvalue weighted by atomic mass is 9.92. The highest BCUT2D eigenvalue weighted by Gasteiger charge is 2.25. The highest BCUT2D eigenvalue weighted by atomic mass is 16.5. The van der Waals surface area contributed by atoms with Crippen LogP contribution in [0.5, 0.6) is 0 Å². The number of hydrogen-bond donors (Lipinski definition) is 1. The number of cyclic esters (lactones) is 1. The van der Waals surface area contributed by atoms with Crippen LogP contribution in [0.4, 0.5) is 0 Å². The summed E-state index contributed by atoms with van der Waals surface area (Å²) in [5.41, 5.74) is 0. The largest absolute Gasteiger partial charge is 0.465 e. The number of hydrogen-bond acceptors (Lipinski definition) is 3. The van der Waals surface area contributed by atoms with E-state index < -0.39 is 18.9 Å². The predicted octanol–water partition coefficient (Wildman–Crippen LogP) is 3.05. The summed E-state index contributed by atoms with van der Waals surface area (Å²) in [6, 6.07) is 0. The molecular weight excluding hydrogens is 216 g/mol. The van der Waals surface area contributed by atoms with Gasteiger partial charge in [0.15, 0.2) is 0 Å². The second-order valence-electron chi connectivity index (χ2n) is 4.75. The van der Waals surface area contributed by atoms with Gasteiger partial charge in [-0.1, -0.05) is 45.4 Å². The molecule has 0 spiro atoms. The average Bonchev–Trinajstić information content (AvgIpc) is 2.39. The monoisotopic (exact) mass is 244 g/mol. The highest BCUT2D eigenvalue weighted by molar-refractivity contribution is 5.69. The highest BCUT2D eigenvalue weighted by Crippen LogP contribution is 2.22. The van der Waals surface area contributed by atoms with Crippen LogP contribution in [0.1, 0.15) is 67.4 Å². The molecule has 0 saturated carbocycles. The third-order valence-corrected chi connectivity index (χ3v) is 3.24. The van der Waals surface area contributed by atoms with Crippen LogP contribution in [0.3, 0.4) is 0 Å². The molecule has 1 saturated heterocycles. The van der Waals surface area contributed by atoms with Crippen molar-refractivity contribution < 1.29 is 17.4 Å². The summed E-state index contributed by atoms with van der Waals surface area (Å²) in [6.45, 7) is 2.37. The minimum Gasteiger partial charge on any atom is -0.465 e. The summed E-state index contributed by atoms with van der Waals surface area (Å²) in [4.78, 5) is 10.9. The fraction of sp³-hybridized carbons (Fsp3) is 0.929. The first kappa shape index (κ1) is 11.5. The van der Waals surface area contributed by atoms with Crippen molar-refractivity contribution in [2.75, 3.05) is 6.61 Å². The van der Waals surface area contributed by atoms with Gasteiger partial charge in [0.1, 0.15) is 0 Å². The Labute approximate surface area is 107 Å². The molecule has 1 aliphatic rings. The van der Waals surface area contributed by atoms with Gasteiger partial charge in [-0.25, -0.2) is 0 Å². The van der Waals surface area contributed by atoms with Gasteiger partial charge in [0.2, 0.25) is 0 Å². The van der Waals surface area contributed by atoms with E-state index in [-0.39, 0.29) is 18.5 Å². The van der Waals surface area contributed by atoms with Gasteiger partial charge in [0.25, 0.3) is 0 Å². The first-order chi connectivity index (χ1) is 9.04. The Morgan fingerprint density at radius 3 is 2.94 bits per heavy atom. The fourth-order valence-electron chi connectivity index (χ4n) is 2.02. The number of aliphatic hydroxyl groups excluding tert-OH is 1.